The van der Waals surface area contributed by atoms with E-state index in [0.717, 1.165) is 0 Å². The SMILES string of the molecule is CC(C)Oc1ncnc(Nc2ccc(OC(F)(F)F)cc2)c1N. The summed E-state index contributed by atoms with van der Waals surface area (Å²) in [6.45, 7) is 3.65. The van der Waals surface area contributed by atoms with Crippen molar-refractivity contribution in [1.29, 1.82) is 0 Å². The molecule has 1 aromatic heterocycles. The van der Waals surface area contributed by atoms with Crippen molar-refractivity contribution in [3.8, 4) is 11.6 Å². The monoisotopic (exact) mass is 328 g/mol. The van der Waals surface area contributed by atoms with E-state index < -0.39 is 6.36 Å². The van der Waals surface area contributed by atoms with Gasteiger partial charge in [0.25, 0.3) is 0 Å². The maximum absolute atomic E-state index is 12.1. The van der Waals surface area contributed by atoms with Crippen LogP contribution in [-0.2, 0) is 0 Å². The number of hydrogen-bond acceptors (Lipinski definition) is 6. The zero-order chi connectivity index (χ0) is 17.0. The third-order valence-electron chi connectivity index (χ3n) is 2.55. The molecule has 1 heterocycles. The van der Waals surface area contributed by atoms with E-state index in [0.29, 0.717) is 11.5 Å². The van der Waals surface area contributed by atoms with Gasteiger partial charge in [0.1, 0.15) is 17.8 Å². The van der Waals surface area contributed by atoms with Crippen LogP contribution in [0.4, 0.5) is 30.4 Å². The Labute approximate surface area is 130 Å². The van der Waals surface area contributed by atoms with Gasteiger partial charge in [-0.3, -0.25) is 0 Å². The summed E-state index contributed by atoms with van der Waals surface area (Å²) in [5, 5.41) is 2.88. The van der Waals surface area contributed by atoms with Gasteiger partial charge in [0.05, 0.1) is 6.10 Å². The molecular weight excluding hydrogens is 313 g/mol. The number of nitrogens with one attached hydrogen (secondary N) is 1. The summed E-state index contributed by atoms with van der Waals surface area (Å²) in [6, 6.07) is 5.18. The van der Waals surface area contributed by atoms with Crippen LogP contribution in [0.15, 0.2) is 30.6 Å². The lowest BCUT2D eigenvalue weighted by atomic mass is 10.3. The minimum atomic E-state index is -4.73. The molecule has 0 bridgehead atoms. The van der Waals surface area contributed by atoms with Gasteiger partial charge in [-0.15, -0.1) is 13.2 Å². The number of alkyl halides is 3. The molecule has 0 saturated carbocycles. The Morgan fingerprint density at radius 2 is 1.78 bits per heavy atom. The number of nitrogens with zero attached hydrogens (tertiary/aromatic N) is 2. The Bertz CT molecular complexity index is 660. The van der Waals surface area contributed by atoms with Crippen molar-refractivity contribution in [3.63, 3.8) is 0 Å². The highest BCUT2D eigenvalue weighted by Gasteiger charge is 2.30. The van der Waals surface area contributed by atoms with E-state index in [9.17, 15) is 13.2 Å². The normalized spacial score (nSPS) is 11.4. The Balaban J connectivity index is 2.13. The number of hydrogen-bond donors (Lipinski definition) is 2. The van der Waals surface area contributed by atoms with Crippen molar-refractivity contribution in [2.45, 2.75) is 26.3 Å². The van der Waals surface area contributed by atoms with Crippen molar-refractivity contribution in [1.82, 2.24) is 9.97 Å². The van der Waals surface area contributed by atoms with E-state index >= 15 is 0 Å². The Morgan fingerprint density at radius 1 is 1.13 bits per heavy atom. The fraction of sp³-hybridized carbons (Fsp3) is 0.286. The largest absolute Gasteiger partial charge is 0.573 e. The summed E-state index contributed by atoms with van der Waals surface area (Å²) < 4.78 is 45.5. The van der Waals surface area contributed by atoms with Crippen molar-refractivity contribution in [2.24, 2.45) is 0 Å². The van der Waals surface area contributed by atoms with Crippen LogP contribution in [0.2, 0.25) is 0 Å². The highest BCUT2D eigenvalue weighted by molar-refractivity contribution is 5.72. The molecular formula is C14H15F3N4O2. The molecule has 0 fully saturated rings. The number of halogens is 3. The second kappa shape index (κ2) is 6.59. The molecule has 0 amide bonds. The summed E-state index contributed by atoms with van der Waals surface area (Å²) in [6.07, 6.45) is -3.56. The molecule has 0 aliphatic carbocycles. The van der Waals surface area contributed by atoms with Crippen molar-refractivity contribution < 1.29 is 22.6 Å². The summed E-state index contributed by atoms with van der Waals surface area (Å²) in [5.74, 6) is 0.206. The van der Waals surface area contributed by atoms with E-state index in [2.05, 4.69) is 20.0 Å². The highest BCUT2D eigenvalue weighted by Crippen LogP contribution is 2.29. The van der Waals surface area contributed by atoms with E-state index in [1.807, 2.05) is 13.8 Å². The molecule has 9 heteroatoms. The molecule has 6 nitrogen and oxygen atoms in total. The van der Waals surface area contributed by atoms with Crippen molar-refractivity contribution in [2.75, 3.05) is 11.1 Å². The average molecular weight is 328 g/mol. The second-order valence-electron chi connectivity index (χ2n) is 4.80. The first-order valence-electron chi connectivity index (χ1n) is 6.64. The topological polar surface area (TPSA) is 82.3 Å². The molecule has 1 aromatic carbocycles. The summed E-state index contributed by atoms with van der Waals surface area (Å²) in [4.78, 5) is 7.92. The maximum Gasteiger partial charge on any atom is 0.573 e. The third kappa shape index (κ3) is 4.90. The quantitative estimate of drug-likeness (QED) is 0.874. The molecule has 2 rings (SSSR count). The summed E-state index contributed by atoms with van der Waals surface area (Å²) in [5.41, 5.74) is 6.60. The molecule has 0 spiro atoms. The second-order valence-corrected chi connectivity index (χ2v) is 4.80. The number of rotatable bonds is 5. The lowest BCUT2D eigenvalue weighted by Crippen LogP contribution is -2.17. The zero-order valence-electron chi connectivity index (χ0n) is 12.4. The van der Waals surface area contributed by atoms with Crippen LogP contribution in [0.1, 0.15) is 13.8 Å². The van der Waals surface area contributed by atoms with Crippen molar-refractivity contribution in [3.05, 3.63) is 30.6 Å². The molecule has 0 aliphatic rings. The van der Waals surface area contributed by atoms with Crippen molar-refractivity contribution >= 4 is 17.2 Å². The van der Waals surface area contributed by atoms with Crippen LogP contribution in [0.25, 0.3) is 0 Å². The Hall–Kier alpha value is -2.71. The van der Waals surface area contributed by atoms with E-state index in [-0.39, 0.29) is 23.4 Å². The Morgan fingerprint density at radius 3 is 2.35 bits per heavy atom. The number of nitrogen functional groups attached to an aromatic ring is 1. The van der Waals surface area contributed by atoms with Gasteiger partial charge in [-0.25, -0.2) is 4.98 Å². The van der Waals surface area contributed by atoms with Crippen LogP contribution >= 0.6 is 0 Å². The number of nitrogens with two attached hydrogens (primary N) is 1. The van der Waals surface area contributed by atoms with Crippen LogP contribution in [0.5, 0.6) is 11.6 Å². The average Bonchev–Trinajstić information content (AvgIpc) is 2.43. The molecule has 0 radical (unpaired) electrons. The fourth-order valence-corrected chi connectivity index (χ4v) is 1.67. The van der Waals surface area contributed by atoms with E-state index in [1.165, 1.54) is 30.6 Å². The highest BCUT2D eigenvalue weighted by atomic mass is 19.4. The number of aromatic nitrogens is 2. The molecule has 23 heavy (non-hydrogen) atoms. The molecule has 124 valence electrons. The van der Waals surface area contributed by atoms with E-state index in [1.54, 1.807) is 0 Å². The van der Waals surface area contributed by atoms with Crippen LogP contribution < -0.4 is 20.5 Å². The van der Waals surface area contributed by atoms with Gasteiger partial charge in [0, 0.05) is 5.69 Å². The maximum atomic E-state index is 12.1. The lowest BCUT2D eigenvalue weighted by molar-refractivity contribution is -0.274. The molecule has 0 aliphatic heterocycles. The first-order chi connectivity index (χ1) is 10.7. The van der Waals surface area contributed by atoms with Crippen LogP contribution in [0, 0.1) is 0 Å². The zero-order valence-corrected chi connectivity index (χ0v) is 12.4. The molecule has 0 atom stereocenters. The van der Waals surface area contributed by atoms with Crippen LogP contribution in [-0.4, -0.2) is 22.4 Å². The van der Waals surface area contributed by atoms with Gasteiger partial charge in [-0.2, -0.15) is 4.98 Å². The van der Waals surface area contributed by atoms with Gasteiger partial charge in [0.15, 0.2) is 5.82 Å². The number of benzene rings is 1. The predicted octanol–water partition coefficient (Wildman–Crippen LogP) is 3.49. The third-order valence-corrected chi connectivity index (χ3v) is 2.55. The standard InChI is InChI=1S/C14H15F3N4O2/c1-8(2)22-13-11(18)12(19-7-20-13)21-9-3-5-10(6-4-9)23-14(15,16)17/h3-8H,18H2,1-2H3,(H,19,20,21). The van der Waals surface area contributed by atoms with Gasteiger partial charge in [0.2, 0.25) is 5.88 Å². The minimum absolute atomic E-state index is 0.112. The first-order valence-corrected chi connectivity index (χ1v) is 6.64. The Kier molecular flexibility index (Phi) is 4.77. The minimum Gasteiger partial charge on any atom is -0.473 e. The number of ether oxygens (including phenoxy) is 2. The van der Waals surface area contributed by atoms with E-state index in [4.69, 9.17) is 10.5 Å². The molecule has 3 N–H and O–H groups in total. The number of anilines is 3. The molecule has 2 aromatic rings. The summed E-state index contributed by atoms with van der Waals surface area (Å²) in [7, 11) is 0. The summed E-state index contributed by atoms with van der Waals surface area (Å²) >= 11 is 0. The first kappa shape index (κ1) is 16.7. The predicted molar refractivity (Wildman–Crippen MR) is 78.6 cm³/mol. The molecule has 0 saturated heterocycles. The van der Waals surface area contributed by atoms with Crippen LogP contribution in [0.3, 0.4) is 0 Å². The van der Waals surface area contributed by atoms with Gasteiger partial charge >= 0.3 is 6.36 Å². The van der Waals surface area contributed by atoms with Gasteiger partial charge in [-0.05, 0) is 38.1 Å². The lowest BCUT2D eigenvalue weighted by Gasteiger charge is -2.14. The smallest absolute Gasteiger partial charge is 0.473 e. The fourth-order valence-electron chi connectivity index (χ4n) is 1.67. The molecule has 0 unspecified atom stereocenters. The van der Waals surface area contributed by atoms with Gasteiger partial charge in [-0.1, -0.05) is 0 Å². The van der Waals surface area contributed by atoms with Gasteiger partial charge < -0.3 is 20.5 Å².